The van der Waals surface area contributed by atoms with E-state index in [0.29, 0.717) is 19.6 Å². The van der Waals surface area contributed by atoms with Crippen molar-refractivity contribution in [3.05, 3.63) is 29.3 Å². The van der Waals surface area contributed by atoms with Crippen molar-refractivity contribution >= 4 is 17.8 Å². The number of amides is 4. The fourth-order valence-corrected chi connectivity index (χ4v) is 1.70. The number of nitrogens with two attached hydrogens (primary N) is 1. The Morgan fingerprint density at radius 1 is 1.13 bits per heavy atom. The maximum atomic E-state index is 11.3. The predicted molar refractivity (Wildman–Crippen MR) is 83.0 cm³/mol. The number of benzene rings is 1. The van der Waals surface area contributed by atoms with Gasteiger partial charge in [-0.2, -0.15) is 0 Å². The Morgan fingerprint density at radius 3 is 2.52 bits per heavy atom. The van der Waals surface area contributed by atoms with Gasteiger partial charge >= 0.3 is 17.8 Å². The van der Waals surface area contributed by atoms with Gasteiger partial charge in [0, 0.05) is 6.54 Å². The van der Waals surface area contributed by atoms with E-state index in [-0.39, 0.29) is 0 Å². The highest BCUT2D eigenvalue weighted by Crippen LogP contribution is 2.18. The molecule has 0 saturated carbocycles. The van der Waals surface area contributed by atoms with Crippen LogP contribution in [0.15, 0.2) is 18.2 Å². The Kier molecular flexibility index (Phi) is 7.34. The van der Waals surface area contributed by atoms with E-state index in [1.807, 2.05) is 42.9 Å². The molecule has 9 heteroatoms. The number of urea groups is 1. The van der Waals surface area contributed by atoms with Gasteiger partial charge in [-0.25, -0.2) is 16.1 Å². The molecule has 1 aromatic rings. The number of hydrogen-bond donors (Lipinski definition) is 5. The minimum absolute atomic E-state index is 0.343. The number of aryl methyl sites for hydroxylation is 2. The molecule has 0 aliphatic carbocycles. The van der Waals surface area contributed by atoms with Gasteiger partial charge < -0.3 is 10.1 Å². The van der Waals surface area contributed by atoms with E-state index in [2.05, 4.69) is 5.32 Å². The van der Waals surface area contributed by atoms with Crippen LogP contribution in [0.5, 0.6) is 5.75 Å². The van der Waals surface area contributed by atoms with Crippen molar-refractivity contribution in [1.82, 2.24) is 21.6 Å². The van der Waals surface area contributed by atoms with E-state index in [0.717, 1.165) is 11.3 Å². The summed E-state index contributed by atoms with van der Waals surface area (Å²) in [5, 5.41) is 2.50. The van der Waals surface area contributed by atoms with Gasteiger partial charge in [0.15, 0.2) is 0 Å². The van der Waals surface area contributed by atoms with Crippen LogP contribution in [0.4, 0.5) is 4.79 Å². The lowest BCUT2D eigenvalue weighted by atomic mass is 10.1. The standard InChI is InChI=1S/C14H21N5O4/c1-9-4-5-11(10(2)8-9)23-7-3-6-16-14(22)19-18-13(21)12(20)17-15/h4-5,8H,3,6-7,15H2,1-2H3,(H,17,20)(H,18,21)(H2,16,19,22). The number of nitrogens with one attached hydrogen (secondary N) is 4. The molecule has 0 unspecified atom stereocenters. The predicted octanol–water partition coefficient (Wildman–Crippen LogP) is -0.607. The largest absolute Gasteiger partial charge is 0.493 e. The van der Waals surface area contributed by atoms with Crippen LogP contribution < -0.4 is 32.2 Å². The smallest absolute Gasteiger partial charge is 0.333 e. The number of carbonyl (C=O) groups is 3. The van der Waals surface area contributed by atoms with Gasteiger partial charge in [0.25, 0.3) is 0 Å². The molecular weight excluding hydrogens is 302 g/mol. The van der Waals surface area contributed by atoms with Gasteiger partial charge in [0.2, 0.25) is 0 Å². The molecule has 0 bridgehead atoms. The third-order valence-corrected chi connectivity index (χ3v) is 2.82. The van der Waals surface area contributed by atoms with E-state index < -0.39 is 17.8 Å². The summed E-state index contributed by atoms with van der Waals surface area (Å²) in [6.07, 6.45) is 0.581. The fraction of sp³-hybridized carbons (Fsp3) is 0.357. The summed E-state index contributed by atoms with van der Waals surface area (Å²) in [5.41, 5.74) is 7.75. The minimum Gasteiger partial charge on any atom is -0.493 e. The van der Waals surface area contributed by atoms with Crippen molar-refractivity contribution < 1.29 is 19.1 Å². The van der Waals surface area contributed by atoms with Crippen LogP contribution in [0.25, 0.3) is 0 Å². The molecule has 23 heavy (non-hydrogen) atoms. The summed E-state index contributed by atoms with van der Waals surface area (Å²) >= 11 is 0. The van der Waals surface area contributed by atoms with Crippen LogP contribution in [-0.2, 0) is 9.59 Å². The summed E-state index contributed by atoms with van der Waals surface area (Å²) < 4.78 is 5.61. The zero-order chi connectivity index (χ0) is 17.2. The van der Waals surface area contributed by atoms with E-state index in [1.54, 1.807) is 5.43 Å². The second-order valence-corrected chi connectivity index (χ2v) is 4.78. The van der Waals surface area contributed by atoms with E-state index in [4.69, 9.17) is 10.6 Å². The average Bonchev–Trinajstić information content (AvgIpc) is 2.53. The topological polar surface area (TPSA) is 135 Å². The first kappa shape index (κ1) is 18.2. The van der Waals surface area contributed by atoms with Crippen LogP contribution in [-0.4, -0.2) is 31.0 Å². The molecule has 0 aliphatic rings. The molecular formula is C14H21N5O4. The molecule has 9 nitrogen and oxygen atoms in total. The second kappa shape index (κ2) is 9.26. The first-order valence-corrected chi connectivity index (χ1v) is 6.99. The van der Waals surface area contributed by atoms with Gasteiger partial charge in [0.05, 0.1) is 6.61 Å². The molecule has 1 rings (SSSR count). The quantitative estimate of drug-likeness (QED) is 0.162. The third-order valence-electron chi connectivity index (χ3n) is 2.82. The Morgan fingerprint density at radius 2 is 1.87 bits per heavy atom. The number of ether oxygens (including phenoxy) is 1. The number of hydrazine groups is 2. The molecule has 0 aromatic heterocycles. The van der Waals surface area contributed by atoms with Crippen LogP contribution in [0.3, 0.4) is 0 Å². The molecule has 0 saturated heterocycles. The lowest BCUT2D eigenvalue weighted by Gasteiger charge is -2.11. The van der Waals surface area contributed by atoms with Gasteiger partial charge in [-0.15, -0.1) is 0 Å². The maximum Gasteiger partial charge on any atom is 0.333 e. The molecule has 0 fully saturated rings. The Labute approximate surface area is 133 Å². The van der Waals surface area contributed by atoms with Crippen LogP contribution in [0, 0.1) is 13.8 Å². The molecule has 0 heterocycles. The number of carbonyl (C=O) groups excluding carboxylic acids is 3. The van der Waals surface area contributed by atoms with Crippen molar-refractivity contribution in [3.8, 4) is 5.75 Å². The molecule has 0 aliphatic heterocycles. The molecule has 0 atom stereocenters. The lowest BCUT2D eigenvalue weighted by Crippen LogP contribution is -2.52. The Bertz CT molecular complexity index is 576. The van der Waals surface area contributed by atoms with Crippen molar-refractivity contribution in [2.24, 2.45) is 5.84 Å². The average molecular weight is 323 g/mol. The number of rotatable bonds is 5. The fourth-order valence-electron chi connectivity index (χ4n) is 1.70. The maximum absolute atomic E-state index is 11.3. The van der Waals surface area contributed by atoms with Gasteiger partial charge in [-0.05, 0) is 31.9 Å². The highest BCUT2D eigenvalue weighted by molar-refractivity contribution is 6.34. The minimum atomic E-state index is -1.07. The third kappa shape index (κ3) is 6.66. The zero-order valence-corrected chi connectivity index (χ0v) is 13.1. The van der Waals surface area contributed by atoms with Crippen LogP contribution >= 0.6 is 0 Å². The summed E-state index contributed by atoms with van der Waals surface area (Å²) in [7, 11) is 0. The zero-order valence-electron chi connectivity index (χ0n) is 13.1. The first-order chi connectivity index (χ1) is 10.9. The van der Waals surface area contributed by atoms with Gasteiger partial charge in [0.1, 0.15) is 5.75 Å². The van der Waals surface area contributed by atoms with Crippen molar-refractivity contribution in [2.75, 3.05) is 13.2 Å². The summed E-state index contributed by atoms with van der Waals surface area (Å²) in [6.45, 7) is 4.76. The van der Waals surface area contributed by atoms with Crippen LogP contribution in [0.1, 0.15) is 17.5 Å². The van der Waals surface area contributed by atoms with Gasteiger partial charge in [-0.3, -0.25) is 20.4 Å². The molecule has 4 amide bonds. The Balaban J connectivity index is 2.16. The van der Waals surface area contributed by atoms with Crippen molar-refractivity contribution in [1.29, 1.82) is 0 Å². The molecule has 0 spiro atoms. The monoisotopic (exact) mass is 323 g/mol. The molecule has 1 aromatic carbocycles. The van der Waals surface area contributed by atoms with E-state index >= 15 is 0 Å². The first-order valence-electron chi connectivity index (χ1n) is 6.99. The lowest BCUT2D eigenvalue weighted by molar-refractivity contribution is -0.139. The van der Waals surface area contributed by atoms with E-state index in [9.17, 15) is 14.4 Å². The van der Waals surface area contributed by atoms with E-state index in [1.165, 1.54) is 5.56 Å². The highest BCUT2D eigenvalue weighted by Gasteiger charge is 2.11. The second-order valence-electron chi connectivity index (χ2n) is 4.78. The highest BCUT2D eigenvalue weighted by atomic mass is 16.5. The Hall–Kier alpha value is -2.81. The molecule has 6 N–H and O–H groups in total. The van der Waals surface area contributed by atoms with Gasteiger partial charge in [-0.1, -0.05) is 17.7 Å². The number of hydrogen-bond acceptors (Lipinski definition) is 5. The molecule has 126 valence electrons. The van der Waals surface area contributed by atoms with Crippen molar-refractivity contribution in [2.45, 2.75) is 20.3 Å². The summed E-state index contributed by atoms with van der Waals surface area (Å²) in [6, 6.07) is 5.26. The van der Waals surface area contributed by atoms with Crippen LogP contribution in [0.2, 0.25) is 0 Å². The normalized spacial score (nSPS) is 9.70. The van der Waals surface area contributed by atoms with Crippen molar-refractivity contribution in [3.63, 3.8) is 0 Å². The molecule has 0 radical (unpaired) electrons. The SMILES string of the molecule is Cc1ccc(OCCCNC(=O)NNC(=O)C(=O)NN)c(C)c1. The summed E-state index contributed by atoms with van der Waals surface area (Å²) in [5.74, 6) is 3.43. The summed E-state index contributed by atoms with van der Waals surface area (Å²) in [4.78, 5) is 33.1.